The van der Waals surface area contributed by atoms with Crippen LogP contribution in [0.25, 0.3) is 0 Å². The van der Waals surface area contributed by atoms with Gasteiger partial charge in [-0.05, 0) is 62.1 Å². The molecular formula is C19H22FNO. The Morgan fingerprint density at radius 3 is 2.18 bits per heavy atom. The largest absolute Gasteiger partial charge is 0.349 e. The Kier molecular flexibility index (Phi) is 4.96. The Labute approximate surface area is 131 Å². The van der Waals surface area contributed by atoms with Gasteiger partial charge in [-0.2, -0.15) is 0 Å². The lowest BCUT2D eigenvalue weighted by Crippen LogP contribution is -2.28. The molecule has 0 bridgehead atoms. The van der Waals surface area contributed by atoms with Crippen LogP contribution in [0, 0.1) is 26.6 Å². The summed E-state index contributed by atoms with van der Waals surface area (Å²) in [6, 6.07) is 10.3. The first kappa shape index (κ1) is 16.2. The first-order valence-electron chi connectivity index (χ1n) is 7.48. The monoisotopic (exact) mass is 299 g/mol. The number of halogens is 1. The Hall–Kier alpha value is -2.16. The van der Waals surface area contributed by atoms with Gasteiger partial charge in [-0.1, -0.05) is 29.8 Å². The van der Waals surface area contributed by atoms with Crippen LogP contribution in [0.4, 0.5) is 4.39 Å². The SMILES string of the molecule is Cc1cc(C)c(CC(=O)NC(C)c2ccc(F)cc2)c(C)c1. The van der Waals surface area contributed by atoms with Gasteiger partial charge < -0.3 is 5.32 Å². The second kappa shape index (κ2) is 6.73. The molecule has 3 heteroatoms. The zero-order valence-electron chi connectivity index (χ0n) is 13.5. The highest BCUT2D eigenvalue weighted by atomic mass is 19.1. The van der Waals surface area contributed by atoms with Crippen molar-refractivity contribution in [2.45, 2.75) is 40.2 Å². The van der Waals surface area contributed by atoms with E-state index in [2.05, 4.69) is 24.4 Å². The van der Waals surface area contributed by atoms with Crippen LogP contribution in [-0.2, 0) is 11.2 Å². The number of benzene rings is 2. The molecule has 1 N–H and O–H groups in total. The molecule has 22 heavy (non-hydrogen) atoms. The molecule has 0 saturated carbocycles. The van der Waals surface area contributed by atoms with Crippen molar-refractivity contribution in [2.24, 2.45) is 0 Å². The van der Waals surface area contributed by atoms with Gasteiger partial charge in [-0.15, -0.1) is 0 Å². The molecule has 2 nitrogen and oxygen atoms in total. The Morgan fingerprint density at radius 1 is 1.09 bits per heavy atom. The van der Waals surface area contributed by atoms with E-state index in [9.17, 15) is 9.18 Å². The lowest BCUT2D eigenvalue weighted by molar-refractivity contribution is -0.121. The standard InChI is InChI=1S/C19H22FNO/c1-12-9-13(2)18(14(3)10-12)11-19(22)21-15(4)16-5-7-17(20)8-6-16/h5-10,15H,11H2,1-4H3,(H,21,22). The number of carbonyl (C=O) groups is 1. The third-order valence-corrected chi connectivity index (χ3v) is 3.93. The predicted octanol–water partition coefficient (Wildman–Crippen LogP) is 4.17. The van der Waals surface area contributed by atoms with Gasteiger partial charge in [0, 0.05) is 0 Å². The van der Waals surface area contributed by atoms with E-state index in [1.807, 2.05) is 20.8 Å². The Balaban J connectivity index is 2.05. The highest BCUT2D eigenvalue weighted by Gasteiger charge is 2.13. The van der Waals surface area contributed by atoms with Gasteiger partial charge in [0.2, 0.25) is 5.91 Å². The summed E-state index contributed by atoms with van der Waals surface area (Å²) >= 11 is 0. The molecule has 2 aromatic carbocycles. The fraction of sp³-hybridized carbons (Fsp3) is 0.316. The third kappa shape index (κ3) is 3.94. The van der Waals surface area contributed by atoms with Crippen LogP contribution in [0.3, 0.4) is 0 Å². The number of aryl methyl sites for hydroxylation is 3. The summed E-state index contributed by atoms with van der Waals surface area (Å²) in [5.41, 5.74) is 5.46. The molecule has 2 aromatic rings. The van der Waals surface area contributed by atoms with Crippen molar-refractivity contribution in [1.82, 2.24) is 5.32 Å². The summed E-state index contributed by atoms with van der Waals surface area (Å²) in [5, 5.41) is 2.97. The molecule has 1 atom stereocenters. The van der Waals surface area contributed by atoms with Crippen LogP contribution >= 0.6 is 0 Å². The van der Waals surface area contributed by atoms with Gasteiger partial charge in [0.15, 0.2) is 0 Å². The second-order valence-corrected chi connectivity index (χ2v) is 5.89. The summed E-state index contributed by atoms with van der Waals surface area (Å²) in [7, 11) is 0. The average Bonchev–Trinajstić information content (AvgIpc) is 2.43. The summed E-state index contributed by atoms with van der Waals surface area (Å²) in [5.74, 6) is -0.292. The fourth-order valence-corrected chi connectivity index (χ4v) is 2.78. The smallest absolute Gasteiger partial charge is 0.224 e. The van der Waals surface area contributed by atoms with E-state index in [1.165, 1.54) is 17.7 Å². The van der Waals surface area contributed by atoms with Crippen molar-refractivity contribution < 1.29 is 9.18 Å². The van der Waals surface area contributed by atoms with Gasteiger partial charge in [-0.25, -0.2) is 4.39 Å². The van der Waals surface area contributed by atoms with Crippen LogP contribution < -0.4 is 5.32 Å². The van der Waals surface area contributed by atoms with Crippen LogP contribution in [0.5, 0.6) is 0 Å². The van der Waals surface area contributed by atoms with E-state index >= 15 is 0 Å². The van der Waals surface area contributed by atoms with E-state index in [1.54, 1.807) is 12.1 Å². The third-order valence-electron chi connectivity index (χ3n) is 3.93. The van der Waals surface area contributed by atoms with Gasteiger partial charge in [-0.3, -0.25) is 4.79 Å². The number of hydrogen-bond acceptors (Lipinski definition) is 1. The van der Waals surface area contributed by atoms with E-state index in [0.29, 0.717) is 6.42 Å². The van der Waals surface area contributed by atoms with Crippen molar-refractivity contribution in [3.05, 3.63) is 70.0 Å². The molecule has 116 valence electrons. The highest BCUT2D eigenvalue weighted by Crippen LogP contribution is 2.18. The minimum Gasteiger partial charge on any atom is -0.349 e. The molecule has 0 aromatic heterocycles. The molecule has 0 radical (unpaired) electrons. The summed E-state index contributed by atoms with van der Waals surface area (Å²) in [6.45, 7) is 8.03. The maximum Gasteiger partial charge on any atom is 0.224 e. The highest BCUT2D eigenvalue weighted by molar-refractivity contribution is 5.79. The quantitative estimate of drug-likeness (QED) is 0.902. The van der Waals surface area contributed by atoms with Crippen LogP contribution in [0.2, 0.25) is 0 Å². The maximum absolute atomic E-state index is 12.9. The topological polar surface area (TPSA) is 29.1 Å². The summed E-state index contributed by atoms with van der Waals surface area (Å²) < 4.78 is 12.9. The lowest BCUT2D eigenvalue weighted by Gasteiger charge is -2.16. The van der Waals surface area contributed by atoms with Crippen LogP contribution in [0.1, 0.15) is 40.8 Å². The molecule has 0 spiro atoms. The first-order valence-corrected chi connectivity index (χ1v) is 7.48. The number of carbonyl (C=O) groups excluding carboxylic acids is 1. The van der Waals surface area contributed by atoms with Crippen molar-refractivity contribution in [2.75, 3.05) is 0 Å². The Bertz CT molecular complexity index is 653. The zero-order chi connectivity index (χ0) is 16.3. The summed E-state index contributed by atoms with van der Waals surface area (Å²) in [4.78, 5) is 12.3. The number of amides is 1. The van der Waals surface area contributed by atoms with Gasteiger partial charge in [0.05, 0.1) is 12.5 Å². The minimum atomic E-state index is -0.270. The molecule has 0 aliphatic rings. The molecule has 0 fully saturated rings. The predicted molar refractivity (Wildman–Crippen MR) is 87.3 cm³/mol. The molecule has 0 heterocycles. The minimum absolute atomic E-state index is 0.0214. The molecule has 1 unspecified atom stereocenters. The molecule has 2 rings (SSSR count). The second-order valence-electron chi connectivity index (χ2n) is 5.89. The molecular weight excluding hydrogens is 277 g/mol. The number of hydrogen-bond donors (Lipinski definition) is 1. The van der Waals surface area contributed by atoms with Crippen molar-refractivity contribution >= 4 is 5.91 Å². The van der Waals surface area contributed by atoms with E-state index < -0.39 is 0 Å². The van der Waals surface area contributed by atoms with E-state index in [-0.39, 0.29) is 17.8 Å². The zero-order valence-corrected chi connectivity index (χ0v) is 13.5. The van der Waals surface area contributed by atoms with Crippen molar-refractivity contribution in [1.29, 1.82) is 0 Å². The van der Waals surface area contributed by atoms with Gasteiger partial charge in [0.25, 0.3) is 0 Å². The molecule has 0 aliphatic heterocycles. The maximum atomic E-state index is 12.9. The van der Waals surface area contributed by atoms with Crippen molar-refractivity contribution in [3.8, 4) is 0 Å². The van der Waals surface area contributed by atoms with Crippen LogP contribution in [0.15, 0.2) is 36.4 Å². The number of nitrogens with one attached hydrogen (secondary N) is 1. The first-order chi connectivity index (χ1) is 10.4. The van der Waals surface area contributed by atoms with Gasteiger partial charge in [0.1, 0.15) is 5.82 Å². The lowest BCUT2D eigenvalue weighted by atomic mass is 9.97. The van der Waals surface area contributed by atoms with E-state index in [0.717, 1.165) is 22.3 Å². The Morgan fingerprint density at radius 2 is 1.64 bits per heavy atom. The summed E-state index contributed by atoms with van der Waals surface area (Å²) in [6.07, 6.45) is 0.365. The normalized spacial score (nSPS) is 12.0. The van der Waals surface area contributed by atoms with E-state index in [4.69, 9.17) is 0 Å². The molecule has 1 amide bonds. The average molecular weight is 299 g/mol. The fourth-order valence-electron chi connectivity index (χ4n) is 2.78. The van der Waals surface area contributed by atoms with Crippen molar-refractivity contribution in [3.63, 3.8) is 0 Å². The van der Waals surface area contributed by atoms with Gasteiger partial charge >= 0.3 is 0 Å². The molecule has 0 aliphatic carbocycles. The number of rotatable bonds is 4. The molecule has 0 saturated heterocycles. The van der Waals surface area contributed by atoms with Crippen LogP contribution in [-0.4, -0.2) is 5.91 Å².